The third-order valence-corrected chi connectivity index (χ3v) is 7.12. The van der Waals surface area contributed by atoms with Gasteiger partial charge in [0, 0.05) is 32.6 Å². The van der Waals surface area contributed by atoms with Gasteiger partial charge in [-0.2, -0.15) is 4.31 Å². The molecule has 0 N–H and O–H groups in total. The molecule has 0 spiro atoms. The lowest BCUT2D eigenvalue weighted by Crippen LogP contribution is -2.50. The van der Waals surface area contributed by atoms with E-state index in [9.17, 15) is 17.6 Å². The predicted molar refractivity (Wildman–Crippen MR) is 108 cm³/mol. The Morgan fingerprint density at radius 2 is 1.62 bits per heavy atom. The van der Waals surface area contributed by atoms with Crippen LogP contribution in [-0.2, 0) is 14.8 Å². The molecule has 29 heavy (non-hydrogen) atoms. The van der Waals surface area contributed by atoms with Gasteiger partial charge < -0.3 is 9.64 Å². The van der Waals surface area contributed by atoms with Crippen LogP contribution in [0.1, 0.15) is 24.8 Å². The van der Waals surface area contributed by atoms with Crippen LogP contribution in [0.25, 0.3) is 0 Å². The maximum Gasteiger partial charge on any atom is 0.243 e. The largest absolute Gasteiger partial charge is 0.497 e. The van der Waals surface area contributed by atoms with Crippen LogP contribution in [0.4, 0.5) is 4.39 Å². The molecular formula is C21H25FN2O4S. The second-order valence-corrected chi connectivity index (χ2v) is 9.06. The number of sulfonamides is 1. The van der Waals surface area contributed by atoms with Gasteiger partial charge >= 0.3 is 0 Å². The summed E-state index contributed by atoms with van der Waals surface area (Å²) in [5.41, 5.74) is 0.903. The van der Waals surface area contributed by atoms with Gasteiger partial charge in [-0.05, 0) is 47.9 Å². The van der Waals surface area contributed by atoms with Gasteiger partial charge in [-0.3, -0.25) is 4.79 Å². The first-order valence-corrected chi connectivity index (χ1v) is 10.9. The van der Waals surface area contributed by atoms with Gasteiger partial charge in [0.25, 0.3) is 0 Å². The van der Waals surface area contributed by atoms with Crippen molar-refractivity contribution in [2.45, 2.75) is 24.2 Å². The average Bonchev–Trinajstić information content (AvgIpc) is 2.74. The van der Waals surface area contributed by atoms with Crippen LogP contribution in [0.5, 0.6) is 5.75 Å². The molecule has 2 aromatic rings. The second-order valence-electron chi connectivity index (χ2n) is 7.12. The van der Waals surface area contributed by atoms with E-state index in [1.165, 1.54) is 35.7 Å². The molecule has 1 atom stereocenters. The fraction of sp³-hybridized carbons (Fsp3) is 0.381. The van der Waals surface area contributed by atoms with Crippen LogP contribution in [0, 0.1) is 5.82 Å². The highest BCUT2D eigenvalue weighted by molar-refractivity contribution is 7.89. The lowest BCUT2D eigenvalue weighted by molar-refractivity contribution is -0.132. The number of hydrogen-bond donors (Lipinski definition) is 0. The van der Waals surface area contributed by atoms with Crippen molar-refractivity contribution >= 4 is 15.9 Å². The van der Waals surface area contributed by atoms with Crippen LogP contribution in [0.3, 0.4) is 0 Å². The molecule has 0 radical (unpaired) electrons. The first kappa shape index (κ1) is 21.3. The summed E-state index contributed by atoms with van der Waals surface area (Å²) in [4.78, 5) is 14.5. The SMILES string of the molecule is COc1ccc(S(=O)(=O)N2CCN(C(=O)CC(C)c3ccc(F)cc3)CC2)cc1. The van der Waals surface area contributed by atoms with Crippen LogP contribution < -0.4 is 4.74 Å². The van der Waals surface area contributed by atoms with Crippen molar-refractivity contribution in [2.24, 2.45) is 0 Å². The van der Waals surface area contributed by atoms with Gasteiger partial charge in [0.2, 0.25) is 15.9 Å². The molecule has 1 fully saturated rings. The molecule has 6 nitrogen and oxygen atoms in total. The van der Waals surface area contributed by atoms with E-state index in [-0.39, 0.29) is 35.6 Å². The maximum absolute atomic E-state index is 13.1. The molecule has 8 heteroatoms. The molecule has 3 rings (SSSR count). The molecule has 0 aliphatic carbocycles. The summed E-state index contributed by atoms with van der Waals surface area (Å²) >= 11 is 0. The molecule has 2 aromatic carbocycles. The van der Waals surface area contributed by atoms with Crippen molar-refractivity contribution in [2.75, 3.05) is 33.3 Å². The zero-order chi connectivity index (χ0) is 21.0. The monoisotopic (exact) mass is 420 g/mol. The molecular weight excluding hydrogens is 395 g/mol. The first-order chi connectivity index (χ1) is 13.8. The molecule has 1 aliphatic rings. The third-order valence-electron chi connectivity index (χ3n) is 5.21. The summed E-state index contributed by atoms with van der Waals surface area (Å²) in [6.07, 6.45) is 0.302. The van der Waals surface area contributed by atoms with Crippen LogP contribution in [-0.4, -0.2) is 56.8 Å². The number of benzene rings is 2. The number of carbonyl (C=O) groups excluding carboxylic acids is 1. The van der Waals surface area contributed by atoms with E-state index in [1.54, 1.807) is 29.2 Å². The van der Waals surface area contributed by atoms with Crippen molar-refractivity contribution in [1.29, 1.82) is 0 Å². The summed E-state index contributed by atoms with van der Waals surface area (Å²) in [5, 5.41) is 0. The highest BCUT2D eigenvalue weighted by Gasteiger charge is 2.30. The number of methoxy groups -OCH3 is 1. The number of amides is 1. The Labute approximate surface area is 170 Å². The van der Waals surface area contributed by atoms with Crippen LogP contribution >= 0.6 is 0 Å². The van der Waals surface area contributed by atoms with E-state index in [0.717, 1.165) is 5.56 Å². The third kappa shape index (κ3) is 4.94. The number of hydrogen-bond acceptors (Lipinski definition) is 4. The minimum Gasteiger partial charge on any atom is -0.497 e. The summed E-state index contributed by atoms with van der Waals surface area (Å²) in [6.45, 7) is 3.14. The van der Waals surface area contributed by atoms with Crippen molar-refractivity contribution < 1.29 is 22.3 Å². The molecule has 1 aliphatic heterocycles. The van der Waals surface area contributed by atoms with Crippen LogP contribution in [0.15, 0.2) is 53.4 Å². The van der Waals surface area contributed by atoms with E-state index >= 15 is 0 Å². The second kappa shape index (κ2) is 8.92. The highest BCUT2D eigenvalue weighted by Crippen LogP contribution is 2.23. The standard InChI is InChI=1S/C21H25FN2O4S/c1-16(17-3-5-18(22)6-4-17)15-21(25)23-11-13-24(14-12-23)29(26,27)20-9-7-19(28-2)8-10-20/h3-10,16H,11-15H2,1-2H3. The van der Waals surface area contributed by atoms with Crippen molar-refractivity contribution in [3.63, 3.8) is 0 Å². The number of rotatable bonds is 6. The molecule has 0 aromatic heterocycles. The normalized spacial score (nSPS) is 16.4. The van der Waals surface area contributed by atoms with Crippen molar-refractivity contribution in [3.05, 3.63) is 59.9 Å². The Morgan fingerprint density at radius 1 is 1.03 bits per heavy atom. The van der Waals surface area contributed by atoms with Gasteiger partial charge in [0.15, 0.2) is 0 Å². The quantitative estimate of drug-likeness (QED) is 0.721. The van der Waals surface area contributed by atoms with Crippen molar-refractivity contribution in [1.82, 2.24) is 9.21 Å². The molecule has 1 saturated heterocycles. The van der Waals surface area contributed by atoms with E-state index < -0.39 is 10.0 Å². The molecule has 156 valence electrons. The molecule has 1 amide bonds. The Morgan fingerprint density at radius 3 is 2.17 bits per heavy atom. The lowest BCUT2D eigenvalue weighted by atomic mass is 9.97. The Hall–Kier alpha value is -2.45. The number of ether oxygens (including phenoxy) is 1. The number of carbonyl (C=O) groups is 1. The average molecular weight is 421 g/mol. The van der Waals surface area contributed by atoms with Gasteiger partial charge in [-0.15, -0.1) is 0 Å². The predicted octanol–water partition coefficient (Wildman–Crippen LogP) is 2.86. The molecule has 0 saturated carbocycles. The van der Waals surface area contributed by atoms with Crippen LogP contribution in [0.2, 0.25) is 0 Å². The summed E-state index contributed by atoms with van der Waals surface area (Å²) in [7, 11) is -2.08. The van der Waals surface area contributed by atoms with E-state index in [1.807, 2.05) is 6.92 Å². The lowest BCUT2D eigenvalue weighted by Gasteiger charge is -2.34. The van der Waals surface area contributed by atoms with Gasteiger partial charge in [-0.1, -0.05) is 19.1 Å². The minimum absolute atomic E-state index is 0.0247. The van der Waals surface area contributed by atoms with Gasteiger partial charge in [0.05, 0.1) is 12.0 Å². The molecule has 1 heterocycles. The summed E-state index contributed by atoms with van der Waals surface area (Å²) in [6, 6.07) is 12.4. The number of piperazine rings is 1. The Kier molecular flexibility index (Phi) is 6.54. The molecule has 1 unspecified atom stereocenters. The van der Waals surface area contributed by atoms with E-state index in [0.29, 0.717) is 25.3 Å². The van der Waals surface area contributed by atoms with Gasteiger partial charge in [0.1, 0.15) is 11.6 Å². The smallest absolute Gasteiger partial charge is 0.243 e. The fourth-order valence-corrected chi connectivity index (χ4v) is 4.80. The Bertz CT molecular complexity index is 938. The topological polar surface area (TPSA) is 66.9 Å². The maximum atomic E-state index is 13.1. The first-order valence-electron chi connectivity index (χ1n) is 9.48. The number of halogens is 1. The van der Waals surface area contributed by atoms with Crippen molar-refractivity contribution in [3.8, 4) is 5.75 Å². The minimum atomic E-state index is -3.60. The zero-order valence-electron chi connectivity index (χ0n) is 16.5. The fourth-order valence-electron chi connectivity index (χ4n) is 3.37. The summed E-state index contributed by atoms with van der Waals surface area (Å²) in [5.74, 6) is 0.226. The molecule has 0 bridgehead atoms. The summed E-state index contributed by atoms with van der Waals surface area (Å²) < 4.78 is 45.1. The zero-order valence-corrected chi connectivity index (χ0v) is 17.4. The Balaban J connectivity index is 1.57. The van der Waals surface area contributed by atoms with E-state index in [2.05, 4.69) is 0 Å². The van der Waals surface area contributed by atoms with E-state index in [4.69, 9.17) is 4.74 Å². The number of nitrogens with zero attached hydrogens (tertiary/aromatic N) is 2. The van der Waals surface area contributed by atoms with Gasteiger partial charge in [-0.25, -0.2) is 12.8 Å². The highest BCUT2D eigenvalue weighted by atomic mass is 32.2.